The van der Waals surface area contributed by atoms with E-state index in [0.717, 1.165) is 25.8 Å². The molecular weight excluding hydrogens is 508 g/mol. The third-order valence-electron chi connectivity index (χ3n) is 3.74. The lowest BCUT2D eigenvalue weighted by Gasteiger charge is -2.10. The molecule has 1 aromatic heterocycles. The Labute approximate surface area is 183 Å². The van der Waals surface area contributed by atoms with Crippen LogP contribution in [0.1, 0.15) is 5.56 Å². The number of amides is 1. The summed E-state index contributed by atoms with van der Waals surface area (Å²) in [4.78, 5) is 16.7. The van der Waals surface area contributed by atoms with Crippen molar-refractivity contribution in [3.8, 4) is 22.8 Å². The van der Waals surface area contributed by atoms with Gasteiger partial charge < -0.3 is 9.47 Å². The van der Waals surface area contributed by atoms with Gasteiger partial charge in [-0.05, 0) is 51.8 Å². The first kappa shape index (κ1) is 20.6. The molecule has 0 unspecified atom stereocenters. The fourth-order valence-corrected chi connectivity index (χ4v) is 4.21. The number of hydrogen-bond donors (Lipinski definition) is 1. The minimum Gasteiger partial charge on any atom is -0.493 e. The molecule has 0 saturated carbocycles. The number of carbonyl (C=O) groups excluding carboxylic acids is 1. The monoisotopic (exact) mass is 522 g/mol. The second-order valence-corrected chi connectivity index (χ2v) is 8.24. The van der Waals surface area contributed by atoms with Crippen LogP contribution in [-0.4, -0.2) is 25.1 Å². The first-order chi connectivity index (χ1) is 13.5. The SMILES string of the molecule is COc1cc(C=CC(=O)Nc2nc(-c3cccc(Br)c3)cs2)cc(Br)c1OC. The highest BCUT2D eigenvalue weighted by Gasteiger charge is 2.10. The number of benzene rings is 2. The molecule has 0 aliphatic heterocycles. The Morgan fingerprint density at radius 1 is 1.18 bits per heavy atom. The molecule has 2 aromatic carbocycles. The molecule has 144 valence electrons. The number of nitrogens with zero attached hydrogens (tertiary/aromatic N) is 1. The van der Waals surface area contributed by atoms with E-state index in [4.69, 9.17) is 9.47 Å². The normalized spacial score (nSPS) is 10.9. The summed E-state index contributed by atoms with van der Waals surface area (Å²) in [5, 5.41) is 5.23. The maximum absolute atomic E-state index is 12.2. The Bertz CT molecular complexity index is 1030. The summed E-state index contributed by atoms with van der Waals surface area (Å²) in [5.74, 6) is 0.920. The molecule has 8 heteroatoms. The van der Waals surface area contributed by atoms with Crippen molar-refractivity contribution in [1.82, 2.24) is 4.98 Å². The molecule has 0 radical (unpaired) electrons. The maximum Gasteiger partial charge on any atom is 0.250 e. The number of hydrogen-bond acceptors (Lipinski definition) is 5. The number of ether oxygens (including phenoxy) is 2. The second-order valence-electron chi connectivity index (χ2n) is 5.61. The first-order valence-corrected chi connectivity index (χ1v) is 10.6. The zero-order valence-electron chi connectivity index (χ0n) is 15.0. The number of carbonyl (C=O) groups is 1. The fourth-order valence-electron chi connectivity index (χ4n) is 2.46. The lowest BCUT2D eigenvalue weighted by molar-refractivity contribution is -0.111. The molecule has 3 rings (SSSR count). The van der Waals surface area contributed by atoms with Gasteiger partial charge in [-0.2, -0.15) is 0 Å². The van der Waals surface area contributed by atoms with Crippen molar-refractivity contribution in [3.05, 3.63) is 62.4 Å². The van der Waals surface area contributed by atoms with Gasteiger partial charge in [-0.25, -0.2) is 4.98 Å². The van der Waals surface area contributed by atoms with Gasteiger partial charge >= 0.3 is 0 Å². The van der Waals surface area contributed by atoms with E-state index < -0.39 is 0 Å². The number of nitrogens with one attached hydrogen (secondary N) is 1. The van der Waals surface area contributed by atoms with Crippen molar-refractivity contribution in [1.29, 1.82) is 0 Å². The summed E-state index contributed by atoms with van der Waals surface area (Å²) in [6.07, 6.45) is 3.15. The van der Waals surface area contributed by atoms with E-state index >= 15 is 0 Å². The fraction of sp³-hybridized carbons (Fsp3) is 0.100. The number of rotatable bonds is 6. The second kappa shape index (κ2) is 9.36. The molecule has 0 aliphatic rings. The summed E-state index contributed by atoms with van der Waals surface area (Å²) in [6.45, 7) is 0. The van der Waals surface area contributed by atoms with E-state index in [-0.39, 0.29) is 5.91 Å². The van der Waals surface area contributed by atoms with E-state index in [2.05, 4.69) is 42.2 Å². The van der Waals surface area contributed by atoms with E-state index in [1.165, 1.54) is 17.4 Å². The molecular formula is C20H16Br2N2O3S. The van der Waals surface area contributed by atoms with E-state index in [9.17, 15) is 4.79 Å². The Morgan fingerprint density at radius 3 is 2.71 bits per heavy atom. The smallest absolute Gasteiger partial charge is 0.250 e. The minimum absolute atomic E-state index is 0.263. The molecule has 0 bridgehead atoms. The molecule has 1 heterocycles. The molecule has 0 atom stereocenters. The zero-order chi connectivity index (χ0) is 20.1. The highest BCUT2D eigenvalue weighted by atomic mass is 79.9. The maximum atomic E-state index is 12.2. The highest BCUT2D eigenvalue weighted by Crippen LogP contribution is 2.36. The minimum atomic E-state index is -0.263. The Morgan fingerprint density at radius 2 is 2.00 bits per heavy atom. The van der Waals surface area contributed by atoms with Gasteiger partial charge in [0.2, 0.25) is 5.91 Å². The molecule has 0 aliphatic carbocycles. The van der Waals surface area contributed by atoms with Crippen LogP contribution in [0, 0.1) is 0 Å². The highest BCUT2D eigenvalue weighted by molar-refractivity contribution is 9.10. The van der Waals surface area contributed by atoms with Crippen molar-refractivity contribution in [2.24, 2.45) is 0 Å². The van der Waals surface area contributed by atoms with Crippen LogP contribution in [0.15, 0.2) is 56.8 Å². The summed E-state index contributed by atoms with van der Waals surface area (Å²) < 4.78 is 12.3. The first-order valence-electron chi connectivity index (χ1n) is 8.12. The predicted octanol–water partition coefficient (Wildman–Crippen LogP) is 6.00. The van der Waals surface area contributed by atoms with Gasteiger partial charge in [-0.1, -0.05) is 28.1 Å². The number of aromatic nitrogens is 1. The molecule has 0 fully saturated rings. The molecule has 0 saturated heterocycles. The van der Waals surface area contributed by atoms with E-state index in [0.29, 0.717) is 16.6 Å². The lowest BCUT2D eigenvalue weighted by atomic mass is 10.2. The number of anilines is 1. The van der Waals surface area contributed by atoms with Crippen molar-refractivity contribution >= 4 is 60.3 Å². The Kier molecular flexibility index (Phi) is 6.88. The largest absolute Gasteiger partial charge is 0.493 e. The average molecular weight is 524 g/mol. The average Bonchev–Trinajstić information content (AvgIpc) is 3.14. The van der Waals surface area contributed by atoms with Gasteiger partial charge in [0.1, 0.15) is 0 Å². The van der Waals surface area contributed by atoms with Crippen molar-refractivity contribution < 1.29 is 14.3 Å². The van der Waals surface area contributed by atoms with Crippen LogP contribution in [0.4, 0.5) is 5.13 Å². The van der Waals surface area contributed by atoms with Crippen LogP contribution in [0.2, 0.25) is 0 Å². The van der Waals surface area contributed by atoms with E-state index in [1.807, 2.05) is 35.7 Å². The quantitative estimate of drug-likeness (QED) is 0.402. The summed E-state index contributed by atoms with van der Waals surface area (Å²) in [7, 11) is 3.14. The van der Waals surface area contributed by atoms with Gasteiger partial charge in [-0.3, -0.25) is 10.1 Å². The number of methoxy groups -OCH3 is 2. The van der Waals surface area contributed by atoms with Crippen molar-refractivity contribution in [2.45, 2.75) is 0 Å². The third kappa shape index (κ3) is 5.01. The van der Waals surface area contributed by atoms with E-state index in [1.54, 1.807) is 26.4 Å². The summed E-state index contributed by atoms with van der Waals surface area (Å²) in [5.41, 5.74) is 2.60. The number of halogens is 2. The summed E-state index contributed by atoms with van der Waals surface area (Å²) in [6, 6.07) is 11.5. The van der Waals surface area contributed by atoms with Crippen LogP contribution < -0.4 is 14.8 Å². The van der Waals surface area contributed by atoms with Crippen LogP contribution in [-0.2, 0) is 4.79 Å². The van der Waals surface area contributed by atoms with Crippen molar-refractivity contribution in [2.75, 3.05) is 19.5 Å². The zero-order valence-corrected chi connectivity index (χ0v) is 19.0. The van der Waals surface area contributed by atoms with Crippen molar-refractivity contribution in [3.63, 3.8) is 0 Å². The molecule has 0 spiro atoms. The Balaban J connectivity index is 1.70. The van der Waals surface area contributed by atoms with Crippen LogP contribution in [0.3, 0.4) is 0 Å². The van der Waals surface area contributed by atoms with Gasteiger partial charge in [-0.15, -0.1) is 11.3 Å². The van der Waals surface area contributed by atoms with Gasteiger partial charge in [0.25, 0.3) is 0 Å². The molecule has 3 aromatic rings. The molecule has 1 N–H and O–H groups in total. The van der Waals surface area contributed by atoms with Gasteiger partial charge in [0, 0.05) is 21.5 Å². The lowest BCUT2D eigenvalue weighted by Crippen LogP contribution is -2.07. The van der Waals surface area contributed by atoms with Gasteiger partial charge in [0.15, 0.2) is 16.6 Å². The molecule has 5 nitrogen and oxygen atoms in total. The third-order valence-corrected chi connectivity index (χ3v) is 5.58. The molecule has 28 heavy (non-hydrogen) atoms. The number of thiazole rings is 1. The van der Waals surface area contributed by atoms with Crippen LogP contribution >= 0.6 is 43.2 Å². The topological polar surface area (TPSA) is 60.5 Å². The van der Waals surface area contributed by atoms with Gasteiger partial charge in [0.05, 0.1) is 24.4 Å². The predicted molar refractivity (Wildman–Crippen MR) is 120 cm³/mol. The standard InChI is InChI=1S/C20H16Br2N2O3S/c1-26-17-9-12(8-15(22)19(17)27-2)6-7-18(25)24-20-23-16(11-28-20)13-4-3-5-14(21)10-13/h3-11H,1-2H3,(H,23,24,25). The summed E-state index contributed by atoms with van der Waals surface area (Å²) >= 11 is 8.27. The Hall–Kier alpha value is -2.16. The van der Waals surface area contributed by atoms with Crippen LogP contribution in [0.5, 0.6) is 11.5 Å². The van der Waals surface area contributed by atoms with Crippen LogP contribution in [0.25, 0.3) is 17.3 Å². The molecule has 1 amide bonds.